The third-order valence-electron chi connectivity index (χ3n) is 3.92. The van der Waals surface area contributed by atoms with Crippen LogP contribution in [0.5, 0.6) is 0 Å². The lowest BCUT2D eigenvalue weighted by atomic mass is 10.1. The molecule has 100 valence electrons. The molecule has 1 aromatic heterocycles. The zero-order chi connectivity index (χ0) is 13.1. The number of nitrogens with one attached hydrogen (secondary N) is 1. The van der Waals surface area contributed by atoms with Crippen molar-refractivity contribution in [1.29, 1.82) is 0 Å². The zero-order valence-electron chi connectivity index (χ0n) is 11.8. The van der Waals surface area contributed by atoms with Gasteiger partial charge in [0.25, 0.3) is 0 Å². The molecule has 2 unspecified atom stereocenters. The van der Waals surface area contributed by atoms with E-state index in [1.54, 1.807) is 0 Å². The van der Waals surface area contributed by atoms with Gasteiger partial charge in [0, 0.05) is 45.0 Å². The van der Waals surface area contributed by atoms with E-state index in [9.17, 15) is 0 Å². The van der Waals surface area contributed by atoms with E-state index < -0.39 is 0 Å². The fourth-order valence-electron chi connectivity index (χ4n) is 2.61. The Hall–Kier alpha value is -1.13. The van der Waals surface area contributed by atoms with E-state index in [4.69, 9.17) is 0 Å². The molecule has 0 saturated carbocycles. The Morgan fingerprint density at radius 3 is 2.61 bits per heavy atom. The Kier molecular flexibility index (Phi) is 4.19. The van der Waals surface area contributed by atoms with E-state index in [1.807, 2.05) is 13.2 Å². The summed E-state index contributed by atoms with van der Waals surface area (Å²) >= 11 is 0. The molecule has 1 aromatic rings. The molecule has 0 bridgehead atoms. The van der Waals surface area contributed by atoms with Crippen molar-refractivity contribution in [3.63, 3.8) is 0 Å². The van der Waals surface area contributed by atoms with E-state index in [2.05, 4.69) is 53.1 Å². The minimum Gasteiger partial charge on any atom is -0.373 e. The molecule has 0 radical (unpaired) electrons. The maximum atomic E-state index is 4.26. The van der Waals surface area contributed by atoms with Gasteiger partial charge in [-0.15, -0.1) is 0 Å². The summed E-state index contributed by atoms with van der Waals surface area (Å²) in [6, 6.07) is 5.49. The van der Waals surface area contributed by atoms with E-state index in [0.29, 0.717) is 12.1 Å². The quantitative estimate of drug-likeness (QED) is 0.881. The molecule has 0 amide bonds. The highest BCUT2D eigenvalue weighted by Crippen LogP contribution is 2.16. The van der Waals surface area contributed by atoms with Crippen molar-refractivity contribution in [2.45, 2.75) is 32.5 Å². The fourth-order valence-corrected chi connectivity index (χ4v) is 2.61. The van der Waals surface area contributed by atoms with Crippen molar-refractivity contribution in [3.05, 3.63) is 23.9 Å². The van der Waals surface area contributed by atoms with Gasteiger partial charge in [-0.2, -0.15) is 0 Å². The predicted molar refractivity (Wildman–Crippen MR) is 75.7 cm³/mol. The summed E-state index contributed by atoms with van der Waals surface area (Å²) in [7, 11) is 4.13. The van der Waals surface area contributed by atoms with Gasteiger partial charge in [0.1, 0.15) is 5.82 Å². The zero-order valence-corrected chi connectivity index (χ0v) is 11.8. The third kappa shape index (κ3) is 3.00. The molecular formula is C14H24N4. The van der Waals surface area contributed by atoms with Gasteiger partial charge in [0.05, 0.1) is 0 Å². The van der Waals surface area contributed by atoms with E-state index >= 15 is 0 Å². The van der Waals surface area contributed by atoms with Gasteiger partial charge >= 0.3 is 0 Å². The molecule has 0 spiro atoms. The standard InChI is InChI=1S/C14H24N4/c1-11-8-18(9-12(2)17(11)4)10-13-5-6-16-14(7-13)15-3/h5-7,11-12H,8-10H2,1-4H3,(H,15,16). The second-order valence-electron chi connectivity index (χ2n) is 5.36. The summed E-state index contributed by atoms with van der Waals surface area (Å²) in [5.41, 5.74) is 1.33. The van der Waals surface area contributed by atoms with Crippen molar-refractivity contribution in [2.24, 2.45) is 0 Å². The Bertz CT molecular complexity index is 381. The maximum Gasteiger partial charge on any atom is 0.125 e. The number of anilines is 1. The topological polar surface area (TPSA) is 31.4 Å². The molecule has 2 heterocycles. The Morgan fingerprint density at radius 1 is 1.33 bits per heavy atom. The second kappa shape index (κ2) is 5.67. The summed E-state index contributed by atoms with van der Waals surface area (Å²) in [4.78, 5) is 9.25. The number of pyridine rings is 1. The van der Waals surface area contributed by atoms with Crippen LogP contribution in [-0.4, -0.2) is 54.1 Å². The van der Waals surface area contributed by atoms with Gasteiger partial charge in [-0.05, 0) is 38.6 Å². The van der Waals surface area contributed by atoms with Crippen LogP contribution in [0, 0.1) is 0 Å². The van der Waals surface area contributed by atoms with Gasteiger partial charge in [0.15, 0.2) is 0 Å². The molecule has 1 fully saturated rings. The lowest BCUT2D eigenvalue weighted by Crippen LogP contribution is -2.54. The van der Waals surface area contributed by atoms with Gasteiger partial charge < -0.3 is 5.32 Å². The van der Waals surface area contributed by atoms with Crippen LogP contribution in [-0.2, 0) is 6.54 Å². The van der Waals surface area contributed by atoms with Crippen LogP contribution < -0.4 is 5.32 Å². The molecule has 1 saturated heterocycles. The number of hydrogen-bond acceptors (Lipinski definition) is 4. The molecule has 4 heteroatoms. The molecule has 2 atom stereocenters. The van der Waals surface area contributed by atoms with Crippen LogP contribution in [0.2, 0.25) is 0 Å². The first kappa shape index (κ1) is 13.3. The summed E-state index contributed by atoms with van der Waals surface area (Å²) in [6.45, 7) is 7.89. The lowest BCUT2D eigenvalue weighted by Gasteiger charge is -2.42. The number of hydrogen-bond donors (Lipinski definition) is 1. The van der Waals surface area contributed by atoms with Crippen molar-refractivity contribution in [3.8, 4) is 0 Å². The van der Waals surface area contributed by atoms with Crippen LogP contribution in [0.3, 0.4) is 0 Å². The number of rotatable bonds is 3. The Labute approximate surface area is 110 Å². The highest BCUT2D eigenvalue weighted by Gasteiger charge is 2.26. The smallest absolute Gasteiger partial charge is 0.125 e. The monoisotopic (exact) mass is 248 g/mol. The molecule has 18 heavy (non-hydrogen) atoms. The molecule has 2 rings (SSSR count). The molecule has 1 aliphatic heterocycles. The molecule has 1 N–H and O–H groups in total. The number of piperazine rings is 1. The lowest BCUT2D eigenvalue weighted by molar-refractivity contribution is 0.0556. The van der Waals surface area contributed by atoms with Crippen molar-refractivity contribution in [1.82, 2.24) is 14.8 Å². The number of nitrogens with zero attached hydrogens (tertiary/aromatic N) is 3. The largest absolute Gasteiger partial charge is 0.373 e. The minimum absolute atomic E-state index is 0.624. The molecule has 0 aromatic carbocycles. The first-order valence-electron chi connectivity index (χ1n) is 6.67. The van der Waals surface area contributed by atoms with E-state index in [0.717, 1.165) is 25.5 Å². The minimum atomic E-state index is 0.624. The average molecular weight is 248 g/mol. The summed E-state index contributed by atoms with van der Waals surface area (Å²) in [5.74, 6) is 0.947. The van der Waals surface area contributed by atoms with Gasteiger partial charge in [0.2, 0.25) is 0 Å². The Balaban J connectivity index is 2.00. The first-order chi connectivity index (χ1) is 8.60. The molecule has 4 nitrogen and oxygen atoms in total. The van der Waals surface area contributed by atoms with Crippen LogP contribution in [0.1, 0.15) is 19.4 Å². The van der Waals surface area contributed by atoms with Crippen LogP contribution >= 0.6 is 0 Å². The number of likely N-dealkylation sites (N-methyl/N-ethyl adjacent to an activating group) is 1. The molecule has 0 aliphatic carbocycles. The predicted octanol–water partition coefficient (Wildman–Crippen LogP) is 1.65. The highest BCUT2D eigenvalue weighted by molar-refractivity contribution is 5.36. The molecular weight excluding hydrogens is 224 g/mol. The van der Waals surface area contributed by atoms with Gasteiger partial charge in [-0.3, -0.25) is 9.80 Å². The summed E-state index contributed by atoms with van der Waals surface area (Å²) in [5, 5.41) is 3.09. The van der Waals surface area contributed by atoms with Crippen LogP contribution in [0.25, 0.3) is 0 Å². The maximum absolute atomic E-state index is 4.26. The third-order valence-corrected chi connectivity index (χ3v) is 3.92. The van der Waals surface area contributed by atoms with Crippen molar-refractivity contribution in [2.75, 3.05) is 32.5 Å². The number of aromatic nitrogens is 1. The van der Waals surface area contributed by atoms with Gasteiger partial charge in [-0.25, -0.2) is 4.98 Å². The molecule has 1 aliphatic rings. The van der Waals surface area contributed by atoms with E-state index in [-0.39, 0.29) is 0 Å². The van der Waals surface area contributed by atoms with Crippen molar-refractivity contribution < 1.29 is 0 Å². The first-order valence-corrected chi connectivity index (χ1v) is 6.67. The van der Waals surface area contributed by atoms with E-state index in [1.165, 1.54) is 5.56 Å². The van der Waals surface area contributed by atoms with Crippen molar-refractivity contribution >= 4 is 5.82 Å². The normalized spacial score (nSPS) is 26.2. The average Bonchev–Trinajstić information content (AvgIpc) is 2.36. The van der Waals surface area contributed by atoms with Crippen LogP contribution in [0.15, 0.2) is 18.3 Å². The SMILES string of the molecule is CNc1cc(CN2CC(C)N(C)C(C)C2)ccn1. The summed E-state index contributed by atoms with van der Waals surface area (Å²) in [6.07, 6.45) is 1.88. The highest BCUT2D eigenvalue weighted by atomic mass is 15.3. The van der Waals surface area contributed by atoms with Gasteiger partial charge in [-0.1, -0.05) is 0 Å². The van der Waals surface area contributed by atoms with Crippen LogP contribution in [0.4, 0.5) is 5.82 Å². The summed E-state index contributed by atoms with van der Waals surface area (Å²) < 4.78 is 0. The second-order valence-corrected chi connectivity index (χ2v) is 5.36. The Morgan fingerprint density at radius 2 is 2.00 bits per heavy atom. The fraction of sp³-hybridized carbons (Fsp3) is 0.643.